The van der Waals surface area contributed by atoms with Crippen molar-refractivity contribution in [2.75, 3.05) is 23.7 Å². The second-order valence-corrected chi connectivity index (χ2v) is 7.65. The highest BCUT2D eigenvalue weighted by Gasteiger charge is 2.26. The third kappa shape index (κ3) is 7.92. The summed E-state index contributed by atoms with van der Waals surface area (Å²) in [5.41, 5.74) is -1.39. The molecule has 1 aliphatic rings. The summed E-state index contributed by atoms with van der Waals surface area (Å²) in [6, 6.07) is 4.38. The monoisotopic (exact) mass is 527 g/mol. The molecule has 1 heterocycles. The largest absolute Gasteiger partial charge is 0.391 e. The Hall–Kier alpha value is -3.19. The number of alkyl halides is 3. The van der Waals surface area contributed by atoms with Crippen LogP contribution in [0.3, 0.4) is 0 Å². The second-order valence-electron chi connectivity index (χ2n) is 7.24. The third-order valence-electron chi connectivity index (χ3n) is 4.69. The van der Waals surface area contributed by atoms with Crippen LogP contribution in [0.15, 0.2) is 30.3 Å². The topological polar surface area (TPSA) is 90.9 Å². The normalized spacial score (nSPS) is 15.2. The fourth-order valence-electron chi connectivity index (χ4n) is 2.81. The number of aliphatic hydroxyl groups is 1. The van der Waals surface area contributed by atoms with E-state index in [2.05, 4.69) is 15.6 Å². The number of carbonyl (C=O) groups is 2. The van der Waals surface area contributed by atoms with Crippen molar-refractivity contribution in [3.63, 3.8) is 0 Å². The number of para-hydroxylation sites is 1. The van der Waals surface area contributed by atoms with Gasteiger partial charge in [-0.3, -0.25) is 9.74 Å². The number of anilines is 2. The van der Waals surface area contributed by atoms with Gasteiger partial charge in [0.05, 0.1) is 28.1 Å². The molecule has 1 fully saturated rings. The Balaban J connectivity index is 0.000000641. The Bertz CT molecular complexity index is 1050. The summed E-state index contributed by atoms with van der Waals surface area (Å²) in [5, 5.41) is 13.7. The first-order chi connectivity index (χ1) is 16.4. The zero-order valence-electron chi connectivity index (χ0n) is 18.1. The lowest BCUT2D eigenvalue weighted by Crippen LogP contribution is -2.33. The Kier molecular flexibility index (Phi) is 9.60. The minimum atomic E-state index is -3.96. The van der Waals surface area contributed by atoms with Gasteiger partial charge in [-0.25, -0.2) is 13.6 Å². The molecule has 1 unspecified atom stereocenters. The maximum absolute atomic E-state index is 14.4. The highest BCUT2D eigenvalue weighted by Crippen LogP contribution is 2.30. The molecule has 2 aromatic carbocycles. The number of benzene rings is 2. The molecule has 1 aliphatic heterocycles. The van der Waals surface area contributed by atoms with Crippen LogP contribution in [-0.4, -0.2) is 47.3 Å². The number of rotatable bonds is 4. The first kappa shape index (κ1) is 28.1. The van der Waals surface area contributed by atoms with Gasteiger partial charge in [-0.1, -0.05) is 24.6 Å². The van der Waals surface area contributed by atoms with Crippen LogP contribution in [0, 0.1) is 11.6 Å². The summed E-state index contributed by atoms with van der Waals surface area (Å²) in [4.78, 5) is 29.3. The molecule has 0 radical (unpaired) electrons. The standard InChI is InChI=1S/C18H15ClF3N3O4.C3H5F3/c19-11-2-1-3-12(20)16(11)24-17(27)10-6-13(21)14(7-15(10)29-22)23-18(28)25-5-4-9(26)8-25;1-2-3(4,5)6/h1-3,6-7,9,26H,4-5,8H2,(H,23,28)(H,24,27);2H2,1H3. The smallest absolute Gasteiger partial charge is 0.388 e. The molecule has 0 spiro atoms. The van der Waals surface area contributed by atoms with Gasteiger partial charge in [0.2, 0.25) is 0 Å². The summed E-state index contributed by atoms with van der Waals surface area (Å²) in [5.74, 6) is -3.67. The average molecular weight is 528 g/mol. The van der Waals surface area contributed by atoms with Gasteiger partial charge >= 0.3 is 12.2 Å². The van der Waals surface area contributed by atoms with Crippen molar-refractivity contribution < 1.29 is 46.1 Å². The van der Waals surface area contributed by atoms with E-state index in [0.29, 0.717) is 12.5 Å². The zero-order valence-corrected chi connectivity index (χ0v) is 18.8. The van der Waals surface area contributed by atoms with Crippen LogP contribution in [0.25, 0.3) is 0 Å². The number of aliphatic hydroxyl groups excluding tert-OH is 1. The first-order valence-corrected chi connectivity index (χ1v) is 10.4. The number of carbonyl (C=O) groups excluding carboxylic acids is 2. The lowest BCUT2D eigenvalue weighted by atomic mass is 10.1. The fraction of sp³-hybridized carbons (Fsp3) is 0.333. The highest BCUT2D eigenvalue weighted by atomic mass is 35.5. The van der Waals surface area contributed by atoms with E-state index in [1.165, 1.54) is 17.0 Å². The number of β-amino-alcohol motifs (C(OH)–C–C–N with tert-alkyl or cyclic N) is 1. The molecule has 3 amide bonds. The van der Waals surface area contributed by atoms with Crippen molar-refractivity contribution in [2.24, 2.45) is 0 Å². The molecular formula is C21H20ClF6N3O4. The number of nitrogens with zero attached hydrogens (tertiary/aromatic N) is 1. The number of likely N-dealkylation sites (tertiary alicyclic amines) is 1. The maximum atomic E-state index is 14.4. The molecule has 14 heteroatoms. The summed E-state index contributed by atoms with van der Waals surface area (Å²) in [7, 11) is 0. The quantitative estimate of drug-likeness (QED) is 0.446. The Morgan fingerprint density at radius 1 is 1.20 bits per heavy atom. The maximum Gasteiger partial charge on any atom is 0.388 e. The van der Waals surface area contributed by atoms with Crippen LogP contribution < -0.4 is 15.6 Å². The fourth-order valence-corrected chi connectivity index (χ4v) is 3.02. The van der Waals surface area contributed by atoms with Crippen molar-refractivity contribution >= 4 is 34.9 Å². The van der Waals surface area contributed by atoms with E-state index in [0.717, 1.165) is 19.1 Å². The molecule has 1 saturated heterocycles. The van der Waals surface area contributed by atoms with Crippen molar-refractivity contribution in [1.29, 1.82) is 0 Å². The Morgan fingerprint density at radius 2 is 1.86 bits per heavy atom. The predicted octanol–water partition coefficient (Wildman–Crippen LogP) is 5.69. The summed E-state index contributed by atoms with van der Waals surface area (Å²) in [6.07, 6.45) is -4.98. The van der Waals surface area contributed by atoms with Crippen LogP contribution >= 0.6 is 11.6 Å². The minimum absolute atomic E-state index is 0.0732. The van der Waals surface area contributed by atoms with Crippen LogP contribution in [0.2, 0.25) is 5.02 Å². The van der Waals surface area contributed by atoms with Crippen LogP contribution in [0.1, 0.15) is 30.1 Å². The Morgan fingerprint density at radius 3 is 2.37 bits per heavy atom. The molecule has 3 rings (SSSR count). The molecule has 7 nitrogen and oxygen atoms in total. The van der Waals surface area contributed by atoms with Gasteiger partial charge in [-0.2, -0.15) is 13.2 Å². The summed E-state index contributed by atoms with van der Waals surface area (Å²) in [6.45, 7) is 1.43. The Labute approximate surface area is 200 Å². The van der Waals surface area contributed by atoms with Gasteiger partial charge in [0.1, 0.15) is 11.6 Å². The number of amides is 3. The van der Waals surface area contributed by atoms with Crippen molar-refractivity contribution in [1.82, 2.24) is 4.90 Å². The number of hydrogen-bond donors (Lipinski definition) is 3. The lowest BCUT2D eigenvalue weighted by molar-refractivity contribution is -0.130. The molecule has 2 aromatic rings. The number of halogens is 7. The second kappa shape index (κ2) is 12.0. The predicted molar refractivity (Wildman–Crippen MR) is 115 cm³/mol. The van der Waals surface area contributed by atoms with Gasteiger partial charge < -0.3 is 20.6 Å². The first-order valence-electron chi connectivity index (χ1n) is 10.0. The number of urea groups is 1. The van der Waals surface area contributed by atoms with E-state index in [4.69, 9.17) is 11.6 Å². The number of nitrogens with one attached hydrogen (secondary N) is 2. The summed E-state index contributed by atoms with van der Waals surface area (Å²) >= 11 is 5.82. The molecular weight excluding hydrogens is 508 g/mol. The lowest BCUT2D eigenvalue weighted by Gasteiger charge is -2.17. The third-order valence-corrected chi connectivity index (χ3v) is 5.01. The SMILES string of the molecule is CCC(F)(F)F.O=C(Nc1c(F)cccc1Cl)c1cc(F)c(NC(=O)N2CCC(O)C2)cc1OF. The van der Waals surface area contributed by atoms with Gasteiger partial charge in [0, 0.05) is 30.1 Å². The van der Waals surface area contributed by atoms with Crippen LogP contribution in [0.5, 0.6) is 5.75 Å². The molecule has 3 N–H and O–H groups in total. The van der Waals surface area contributed by atoms with E-state index in [9.17, 15) is 41.2 Å². The van der Waals surface area contributed by atoms with Crippen molar-refractivity contribution in [2.45, 2.75) is 32.0 Å². The van der Waals surface area contributed by atoms with Gasteiger partial charge in [0.25, 0.3) is 5.91 Å². The van der Waals surface area contributed by atoms with E-state index >= 15 is 0 Å². The van der Waals surface area contributed by atoms with Crippen LogP contribution in [-0.2, 0) is 0 Å². The minimum Gasteiger partial charge on any atom is -0.391 e. The van der Waals surface area contributed by atoms with Gasteiger partial charge in [-0.15, -0.1) is 0 Å². The van der Waals surface area contributed by atoms with E-state index in [-0.39, 0.29) is 23.8 Å². The highest BCUT2D eigenvalue weighted by molar-refractivity contribution is 6.34. The number of hydrogen-bond acceptors (Lipinski definition) is 4. The van der Waals surface area contributed by atoms with Gasteiger partial charge in [-0.05, 0) is 24.6 Å². The molecule has 0 saturated carbocycles. The molecule has 0 aromatic heterocycles. The molecule has 192 valence electrons. The molecule has 35 heavy (non-hydrogen) atoms. The molecule has 1 atom stereocenters. The zero-order chi connectivity index (χ0) is 26.3. The van der Waals surface area contributed by atoms with Crippen molar-refractivity contribution in [3.05, 3.63) is 52.6 Å². The average Bonchev–Trinajstić information content (AvgIpc) is 3.23. The van der Waals surface area contributed by atoms with E-state index < -0.39 is 59.3 Å². The molecule has 0 aliphatic carbocycles. The van der Waals surface area contributed by atoms with Gasteiger partial charge in [0.15, 0.2) is 5.75 Å². The summed E-state index contributed by atoms with van der Waals surface area (Å²) < 4.78 is 73.6. The van der Waals surface area contributed by atoms with Crippen molar-refractivity contribution in [3.8, 4) is 5.75 Å². The van der Waals surface area contributed by atoms with E-state index in [1.54, 1.807) is 0 Å². The van der Waals surface area contributed by atoms with E-state index in [1.807, 2.05) is 0 Å². The molecule has 0 bridgehead atoms. The van der Waals surface area contributed by atoms with Crippen LogP contribution in [0.4, 0.5) is 42.6 Å².